The zero-order chi connectivity index (χ0) is 18.1. The maximum Gasteiger partial charge on any atom is 0.119 e. The number of anilines is 1. The van der Waals surface area contributed by atoms with E-state index in [0.29, 0.717) is 0 Å². The van der Waals surface area contributed by atoms with E-state index in [4.69, 9.17) is 4.74 Å². The molecule has 1 aromatic carbocycles. The van der Waals surface area contributed by atoms with Gasteiger partial charge in [0.15, 0.2) is 0 Å². The van der Waals surface area contributed by atoms with Crippen LogP contribution in [0.2, 0.25) is 0 Å². The van der Waals surface area contributed by atoms with Gasteiger partial charge in [0.1, 0.15) is 5.75 Å². The highest BCUT2D eigenvalue weighted by Crippen LogP contribution is 2.30. The summed E-state index contributed by atoms with van der Waals surface area (Å²) in [7, 11) is 4.19. The zero-order valence-corrected chi connectivity index (χ0v) is 15.9. The molecule has 2 aliphatic rings. The molecule has 0 aliphatic heterocycles. The Hall–Kier alpha value is -2.49. The van der Waals surface area contributed by atoms with Crippen LogP contribution in [0.25, 0.3) is 12.2 Å². The van der Waals surface area contributed by atoms with Crippen molar-refractivity contribution in [3.63, 3.8) is 0 Å². The smallest absolute Gasteiger partial charge is 0.119 e. The molecule has 0 spiro atoms. The fraction of sp³-hybridized carbons (Fsp3) is 0.409. The van der Waals surface area contributed by atoms with Crippen molar-refractivity contribution in [2.45, 2.75) is 32.6 Å². The molecular weight excluding hydrogens is 322 g/mol. The van der Waals surface area contributed by atoms with Crippen LogP contribution >= 0.6 is 0 Å². The van der Waals surface area contributed by atoms with Gasteiger partial charge in [-0.25, -0.2) is 4.98 Å². The maximum absolute atomic E-state index is 5.87. The number of ether oxygens (including phenoxy) is 1. The van der Waals surface area contributed by atoms with Gasteiger partial charge in [0, 0.05) is 25.5 Å². The molecule has 1 saturated carbocycles. The minimum Gasteiger partial charge on any atom is -0.493 e. The second-order valence-corrected chi connectivity index (χ2v) is 7.33. The monoisotopic (exact) mass is 349 g/mol. The number of rotatable bonds is 6. The van der Waals surface area contributed by atoms with Crippen molar-refractivity contribution in [3.8, 4) is 5.75 Å². The molecule has 0 saturated heterocycles. The largest absolute Gasteiger partial charge is 0.493 e. The number of fused-ring (bicyclic) bond motifs is 1. The van der Waals surface area contributed by atoms with E-state index in [-0.39, 0.29) is 0 Å². The number of allylic oxidation sites excluding steroid dienone is 2. The van der Waals surface area contributed by atoms with Gasteiger partial charge < -0.3 is 14.2 Å². The second-order valence-electron chi connectivity index (χ2n) is 7.33. The third-order valence-corrected chi connectivity index (χ3v) is 5.38. The first-order valence-corrected chi connectivity index (χ1v) is 9.53. The van der Waals surface area contributed by atoms with E-state index in [1.54, 1.807) is 0 Å². The lowest BCUT2D eigenvalue weighted by molar-refractivity contribution is 0.300. The van der Waals surface area contributed by atoms with E-state index in [0.717, 1.165) is 36.5 Å². The Balaban J connectivity index is 1.62. The molecule has 0 atom stereocenters. The van der Waals surface area contributed by atoms with E-state index in [2.05, 4.69) is 71.9 Å². The predicted octanol–water partition coefficient (Wildman–Crippen LogP) is 2.97. The third-order valence-electron chi connectivity index (χ3n) is 5.38. The molecular formula is C22H27N3O. The summed E-state index contributed by atoms with van der Waals surface area (Å²) in [6, 6.07) is 8.46. The van der Waals surface area contributed by atoms with Gasteiger partial charge in [-0.05, 0) is 67.5 Å². The standard InChI is InChI=1S/C22H27N3O/c1-4-17-7-12-20-22(24(2)15-23-20)13-21(17)25(3)18-8-10-19(11-9-18)26-14-16-5-6-16/h8-13,15-16H,4-7,14H2,1-3H3. The van der Waals surface area contributed by atoms with Crippen LogP contribution < -0.4 is 20.3 Å². The van der Waals surface area contributed by atoms with Crippen LogP contribution in [0, 0.1) is 5.92 Å². The average molecular weight is 349 g/mol. The lowest BCUT2D eigenvalue weighted by Crippen LogP contribution is -2.29. The number of aryl methyl sites for hydroxylation is 1. The third kappa shape index (κ3) is 3.41. The molecule has 4 rings (SSSR count). The first-order valence-electron chi connectivity index (χ1n) is 9.53. The topological polar surface area (TPSA) is 30.3 Å². The van der Waals surface area contributed by atoms with Gasteiger partial charge in [0.25, 0.3) is 0 Å². The Morgan fingerprint density at radius 1 is 1.23 bits per heavy atom. The molecule has 2 aliphatic carbocycles. The molecule has 4 heteroatoms. The molecule has 0 radical (unpaired) electrons. The Morgan fingerprint density at radius 2 is 2.00 bits per heavy atom. The molecule has 26 heavy (non-hydrogen) atoms. The van der Waals surface area contributed by atoms with Crippen LogP contribution in [-0.2, 0) is 7.05 Å². The Morgan fingerprint density at radius 3 is 2.69 bits per heavy atom. The van der Waals surface area contributed by atoms with Crippen molar-refractivity contribution in [2.24, 2.45) is 13.0 Å². The number of hydrogen-bond acceptors (Lipinski definition) is 3. The van der Waals surface area contributed by atoms with E-state index >= 15 is 0 Å². The van der Waals surface area contributed by atoms with Gasteiger partial charge in [0.2, 0.25) is 0 Å². The fourth-order valence-electron chi connectivity index (χ4n) is 3.41. The summed E-state index contributed by atoms with van der Waals surface area (Å²) in [5, 5.41) is 2.24. The van der Waals surface area contributed by atoms with E-state index in [1.807, 2.05) is 6.33 Å². The minimum absolute atomic E-state index is 0.777. The lowest BCUT2D eigenvalue weighted by Gasteiger charge is -2.24. The van der Waals surface area contributed by atoms with Gasteiger partial charge in [-0.2, -0.15) is 0 Å². The molecule has 0 unspecified atom stereocenters. The van der Waals surface area contributed by atoms with Gasteiger partial charge >= 0.3 is 0 Å². The van der Waals surface area contributed by atoms with Crippen LogP contribution in [0.5, 0.6) is 5.75 Å². The molecule has 2 aromatic rings. The summed E-state index contributed by atoms with van der Waals surface area (Å²) in [6.45, 7) is 3.08. The number of hydrogen-bond donors (Lipinski definition) is 0. The van der Waals surface area contributed by atoms with E-state index in [1.165, 1.54) is 35.1 Å². The van der Waals surface area contributed by atoms with Crippen molar-refractivity contribution in [3.05, 3.63) is 52.6 Å². The van der Waals surface area contributed by atoms with Gasteiger partial charge in [-0.3, -0.25) is 0 Å². The first kappa shape index (κ1) is 17.0. The highest BCUT2D eigenvalue weighted by molar-refractivity contribution is 5.65. The minimum atomic E-state index is 0.777. The van der Waals surface area contributed by atoms with Crippen LogP contribution in [0.4, 0.5) is 5.69 Å². The van der Waals surface area contributed by atoms with Crippen LogP contribution in [0.15, 0.2) is 41.9 Å². The lowest BCUT2D eigenvalue weighted by atomic mass is 10.1. The summed E-state index contributed by atoms with van der Waals surface area (Å²) in [5.74, 6) is 1.74. The predicted molar refractivity (Wildman–Crippen MR) is 106 cm³/mol. The van der Waals surface area contributed by atoms with Crippen LogP contribution in [0.1, 0.15) is 32.6 Å². The fourth-order valence-corrected chi connectivity index (χ4v) is 3.41. The number of benzene rings is 1. The summed E-state index contributed by atoms with van der Waals surface area (Å²) in [5.41, 5.74) is 3.86. The van der Waals surface area contributed by atoms with E-state index in [9.17, 15) is 0 Å². The summed E-state index contributed by atoms with van der Waals surface area (Å²) < 4.78 is 7.96. The van der Waals surface area contributed by atoms with Gasteiger partial charge in [-0.1, -0.05) is 13.0 Å². The SMILES string of the molecule is CCC1=C(N(C)c2ccc(OCC3CC3)cc2)C=c2c(ncn2C)=CC1. The van der Waals surface area contributed by atoms with Crippen molar-refractivity contribution < 1.29 is 4.74 Å². The summed E-state index contributed by atoms with van der Waals surface area (Å²) in [6.07, 6.45) is 11.0. The second kappa shape index (κ2) is 7.02. The van der Waals surface area contributed by atoms with Crippen LogP contribution in [0.3, 0.4) is 0 Å². The number of imidazole rings is 1. The van der Waals surface area contributed by atoms with E-state index < -0.39 is 0 Å². The number of aromatic nitrogens is 2. The molecule has 1 heterocycles. The quantitative estimate of drug-likeness (QED) is 0.803. The molecule has 136 valence electrons. The Labute approximate surface area is 155 Å². The molecule has 0 bridgehead atoms. The normalized spacial score (nSPS) is 16.4. The average Bonchev–Trinajstić information content (AvgIpc) is 3.46. The molecule has 4 nitrogen and oxygen atoms in total. The molecule has 0 amide bonds. The van der Waals surface area contributed by atoms with Crippen molar-refractivity contribution in [1.29, 1.82) is 0 Å². The van der Waals surface area contributed by atoms with Crippen molar-refractivity contribution in [1.82, 2.24) is 9.55 Å². The highest BCUT2D eigenvalue weighted by Gasteiger charge is 2.22. The summed E-state index contributed by atoms with van der Waals surface area (Å²) >= 11 is 0. The van der Waals surface area contributed by atoms with Crippen LogP contribution in [-0.4, -0.2) is 23.2 Å². The Bertz CT molecular complexity index is 933. The first-order chi connectivity index (χ1) is 12.7. The Kier molecular flexibility index (Phi) is 4.58. The molecule has 1 aromatic heterocycles. The highest BCUT2D eigenvalue weighted by atomic mass is 16.5. The maximum atomic E-state index is 5.87. The van der Waals surface area contributed by atoms with Crippen molar-refractivity contribution >= 4 is 17.8 Å². The molecule has 0 N–H and O–H groups in total. The molecule has 1 fully saturated rings. The van der Waals surface area contributed by atoms with Crippen molar-refractivity contribution in [2.75, 3.05) is 18.6 Å². The van der Waals surface area contributed by atoms with Gasteiger partial charge in [-0.15, -0.1) is 0 Å². The summed E-state index contributed by atoms with van der Waals surface area (Å²) in [4.78, 5) is 6.79. The van der Waals surface area contributed by atoms with Gasteiger partial charge in [0.05, 0.1) is 23.6 Å². The number of nitrogens with zero attached hydrogens (tertiary/aromatic N) is 3. The zero-order valence-electron chi connectivity index (χ0n) is 15.9.